The van der Waals surface area contributed by atoms with Crippen molar-refractivity contribution < 1.29 is 17.9 Å². The Hall–Kier alpha value is -2.38. The lowest BCUT2D eigenvalue weighted by atomic mass is 9.95. The van der Waals surface area contributed by atoms with Crippen LogP contribution in [0.15, 0.2) is 59.5 Å². The molecular formula is C23H28N2O4S. The topological polar surface area (TPSA) is 66.9 Å². The molecule has 0 spiro atoms. The highest BCUT2D eigenvalue weighted by Gasteiger charge is 2.37. The van der Waals surface area contributed by atoms with Gasteiger partial charge in [0, 0.05) is 25.6 Å². The summed E-state index contributed by atoms with van der Waals surface area (Å²) < 4.78 is 32.5. The van der Waals surface area contributed by atoms with E-state index in [0.29, 0.717) is 31.7 Å². The summed E-state index contributed by atoms with van der Waals surface area (Å²) in [5, 5.41) is 0. The van der Waals surface area contributed by atoms with Crippen LogP contribution < -0.4 is 4.74 Å². The van der Waals surface area contributed by atoms with Gasteiger partial charge in [-0.05, 0) is 55.5 Å². The van der Waals surface area contributed by atoms with Gasteiger partial charge in [-0.3, -0.25) is 4.79 Å². The third kappa shape index (κ3) is 4.09. The molecule has 0 saturated carbocycles. The number of piperidine rings is 1. The van der Waals surface area contributed by atoms with Crippen LogP contribution in [0, 0.1) is 5.92 Å². The first-order chi connectivity index (χ1) is 14.5. The number of ether oxygens (including phenoxy) is 1. The fourth-order valence-corrected chi connectivity index (χ4v) is 6.00. The average Bonchev–Trinajstić information content (AvgIpc) is 3.29. The van der Waals surface area contributed by atoms with Crippen LogP contribution in [0.1, 0.15) is 37.3 Å². The first-order valence-electron chi connectivity index (χ1n) is 10.5. The number of rotatable bonds is 5. The monoisotopic (exact) mass is 428 g/mol. The van der Waals surface area contributed by atoms with Crippen LogP contribution in [-0.2, 0) is 14.8 Å². The molecule has 7 heteroatoms. The standard InChI is InChI=1S/C23H28N2O4S/c1-29-20-9-11-21(12-10-20)30(27,28)24-16-13-19(14-17-24)23(26)25-15-5-8-22(25)18-6-3-2-4-7-18/h2-4,6-7,9-12,19,22H,5,8,13-17H2,1H3. The summed E-state index contributed by atoms with van der Waals surface area (Å²) in [6.45, 7) is 1.52. The summed E-state index contributed by atoms with van der Waals surface area (Å²) in [4.78, 5) is 15.5. The molecule has 30 heavy (non-hydrogen) atoms. The molecule has 1 atom stereocenters. The molecule has 0 bridgehead atoms. The number of hydrogen-bond donors (Lipinski definition) is 0. The Labute approximate surface area is 178 Å². The fourth-order valence-electron chi connectivity index (χ4n) is 4.53. The van der Waals surface area contributed by atoms with Crippen molar-refractivity contribution in [3.05, 3.63) is 60.2 Å². The lowest BCUT2D eigenvalue weighted by Gasteiger charge is -2.34. The zero-order chi connectivity index (χ0) is 21.1. The Balaban J connectivity index is 1.40. The predicted octanol–water partition coefficient (Wildman–Crippen LogP) is 3.46. The smallest absolute Gasteiger partial charge is 0.243 e. The van der Waals surface area contributed by atoms with E-state index in [0.717, 1.165) is 19.4 Å². The highest BCUT2D eigenvalue weighted by molar-refractivity contribution is 7.89. The first kappa shape index (κ1) is 20.9. The van der Waals surface area contributed by atoms with E-state index in [9.17, 15) is 13.2 Å². The number of likely N-dealkylation sites (tertiary alicyclic amines) is 1. The van der Waals surface area contributed by atoms with Crippen LogP contribution in [0.4, 0.5) is 0 Å². The van der Waals surface area contributed by atoms with E-state index >= 15 is 0 Å². The molecule has 2 aliphatic heterocycles. The van der Waals surface area contributed by atoms with Gasteiger partial charge in [0.05, 0.1) is 18.0 Å². The van der Waals surface area contributed by atoms with E-state index in [-0.39, 0.29) is 22.8 Å². The number of sulfonamides is 1. The molecule has 4 rings (SSSR count). The molecule has 1 unspecified atom stereocenters. The normalized spacial score (nSPS) is 21.0. The maximum Gasteiger partial charge on any atom is 0.243 e. The second kappa shape index (κ2) is 8.78. The lowest BCUT2D eigenvalue weighted by molar-refractivity contribution is -0.137. The van der Waals surface area contributed by atoms with Gasteiger partial charge in [0.25, 0.3) is 0 Å². The molecule has 6 nitrogen and oxygen atoms in total. The zero-order valence-electron chi connectivity index (χ0n) is 17.2. The van der Waals surface area contributed by atoms with Gasteiger partial charge < -0.3 is 9.64 Å². The van der Waals surface area contributed by atoms with Crippen LogP contribution in [-0.4, -0.2) is 50.3 Å². The highest BCUT2D eigenvalue weighted by atomic mass is 32.2. The summed E-state index contributed by atoms with van der Waals surface area (Å²) in [7, 11) is -2.01. The maximum atomic E-state index is 13.2. The number of amides is 1. The molecule has 2 heterocycles. The lowest BCUT2D eigenvalue weighted by Crippen LogP contribution is -2.44. The van der Waals surface area contributed by atoms with Gasteiger partial charge in [-0.1, -0.05) is 30.3 Å². The third-order valence-corrected chi connectivity index (χ3v) is 8.13. The maximum absolute atomic E-state index is 13.2. The molecule has 0 N–H and O–H groups in total. The van der Waals surface area contributed by atoms with Crippen molar-refractivity contribution >= 4 is 15.9 Å². The molecule has 0 radical (unpaired) electrons. The van der Waals surface area contributed by atoms with E-state index in [1.807, 2.05) is 23.1 Å². The summed E-state index contributed by atoms with van der Waals surface area (Å²) in [5.41, 5.74) is 1.18. The van der Waals surface area contributed by atoms with E-state index in [4.69, 9.17) is 4.74 Å². The molecule has 2 aromatic rings. The van der Waals surface area contributed by atoms with Gasteiger partial charge in [-0.15, -0.1) is 0 Å². The molecule has 0 aromatic heterocycles. The second-order valence-electron chi connectivity index (χ2n) is 7.95. The third-order valence-electron chi connectivity index (χ3n) is 6.22. The highest BCUT2D eigenvalue weighted by Crippen LogP contribution is 2.35. The largest absolute Gasteiger partial charge is 0.497 e. The summed E-state index contributed by atoms with van der Waals surface area (Å²) in [5.74, 6) is 0.677. The van der Waals surface area contributed by atoms with Crippen LogP contribution in [0.3, 0.4) is 0 Å². The van der Waals surface area contributed by atoms with E-state index in [1.54, 1.807) is 31.4 Å². The number of carbonyl (C=O) groups is 1. The number of carbonyl (C=O) groups excluding carboxylic acids is 1. The van der Waals surface area contributed by atoms with Gasteiger partial charge in [0.15, 0.2) is 0 Å². The molecular weight excluding hydrogens is 400 g/mol. The molecule has 160 valence electrons. The van der Waals surface area contributed by atoms with Crippen molar-refractivity contribution in [1.82, 2.24) is 9.21 Å². The Morgan fingerprint density at radius 2 is 1.60 bits per heavy atom. The Bertz CT molecular complexity index is 968. The number of hydrogen-bond acceptors (Lipinski definition) is 4. The van der Waals surface area contributed by atoms with Crippen LogP contribution in [0.5, 0.6) is 5.75 Å². The van der Waals surface area contributed by atoms with Crippen molar-refractivity contribution in [2.24, 2.45) is 5.92 Å². The minimum absolute atomic E-state index is 0.114. The average molecular weight is 429 g/mol. The minimum Gasteiger partial charge on any atom is -0.497 e. The van der Waals surface area contributed by atoms with Gasteiger partial charge in [0.1, 0.15) is 5.75 Å². The number of benzene rings is 2. The Kier molecular flexibility index (Phi) is 6.11. The molecule has 2 fully saturated rings. The summed E-state index contributed by atoms with van der Waals surface area (Å²) in [6.07, 6.45) is 3.12. The van der Waals surface area contributed by atoms with Crippen molar-refractivity contribution in [2.75, 3.05) is 26.7 Å². The molecule has 1 amide bonds. The van der Waals surface area contributed by atoms with Gasteiger partial charge in [-0.25, -0.2) is 8.42 Å². The molecule has 2 aliphatic rings. The zero-order valence-corrected chi connectivity index (χ0v) is 18.1. The summed E-state index contributed by atoms with van der Waals surface area (Å²) >= 11 is 0. The van der Waals surface area contributed by atoms with Crippen molar-refractivity contribution in [3.63, 3.8) is 0 Å². The Morgan fingerprint density at radius 1 is 0.933 bits per heavy atom. The van der Waals surface area contributed by atoms with Crippen molar-refractivity contribution in [2.45, 2.75) is 36.6 Å². The molecule has 0 aliphatic carbocycles. The van der Waals surface area contributed by atoms with E-state index < -0.39 is 10.0 Å². The van der Waals surface area contributed by atoms with Crippen LogP contribution in [0.25, 0.3) is 0 Å². The Morgan fingerprint density at radius 3 is 2.23 bits per heavy atom. The quantitative estimate of drug-likeness (QED) is 0.732. The predicted molar refractivity (Wildman–Crippen MR) is 115 cm³/mol. The minimum atomic E-state index is -3.56. The van der Waals surface area contributed by atoms with Crippen molar-refractivity contribution in [3.8, 4) is 5.75 Å². The SMILES string of the molecule is COc1ccc(S(=O)(=O)N2CCC(C(=O)N3CCCC3c3ccccc3)CC2)cc1. The van der Waals surface area contributed by atoms with Crippen LogP contribution in [0.2, 0.25) is 0 Å². The van der Waals surface area contributed by atoms with E-state index in [2.05, 4.69) is 12.1 Å². The van der Waals surface area contributed by atoms with Crippen LogP contribution >= 0.6 is 0 Å². The summed E-state index contributed by atoms with van der Waals surface area (Å²) in [6, 6.07) is 16.8. The first-order valence-corrected chi connectivity index (χ1v) is 11.9. The van der Waals surface area contributed by atoms with Gasteiger partial charge >= 0.3 is 0 Å². The number of methoxy groups -OCH3 is 1. The van der Waals surface area contributed by atoms with Gasteiger partial charge in [0.2, 0.25) is 15.9 Å². The second-order valence-corrected chi connectivity index (χ2v) is 9.89. The molecule has 2 aromatic carbocycles. The fraction of sp³-hybridized carbons (Fsp3) is 0.435. The molecule has 2 saturated heterocycles. The van der Waals surface area contributed by atoms with E-state index in [1.165, 1.54) is 9.87 Å². The number of nitrogens with zero attached hydrogens (tertiary/aromatic N) is 2. The van der Waals surface area contributed by atoms with Crippen molar-refractivity contribution in [1.29, 1.82) is 0 Å². The van der Waals surface area contributed by atoms with Gasteiger partial charge in [-0.2, -0.15) is 4.31 Å².